The van der Waals surface area contributed by atoms with Crippen LogP contribution in [0, 0.1) is 18.8 Å². The number of amides is 1. The zero-order valence-electron chi connectivity index (χ0n) is 11.7. The Bertz CT molecular complexity index is 633. The predicted octanol–water partition coefficient (Wildman–Crippen LogP) is 3.17. The summed E-state index contributed by atoms with van der Waals surface area (Å²) >= 11 is 0. The summed E-state index contributed by atoms with van der Waals surface area (Å²) in [6.45, 7) is 3.92. The van der Waals surface area contributed by atoms with Gasteiger partial charge in [0.25, 0.3) is 5.91 Å². The summed E-state index contributed by atoms with van der Waals surface area (Å²) < 4.78 is 0. The van der Waals surface area contributed by atoms with E-state index in [0.29, 0.717) is 5.56 Å². The molecule has 2 aromatic carbocycles. The quantitative estimate of drug-likeness (QED) is 0.828. The number of rotatable bonds is 2. The van der Waals surface area contributed by atoms with Gasteiger partial charge in [-0.15, -0.1) is 0 Å². The van der Waals surface area contributed by atoms with E-state index in [-0.39, 0.29) is 11.9 Å². The van der Waals surface area contributed by atoms with Crippen LogP contribution in [0.3, 0.4) is 0 Å². The van der Waals surface area contributed by atoms with Gasteiger partial charge in [0.1, 0.15) is 0 Å². The third-order valence-electron chi connectivity index (χ3n) is 2.87. The van der Waals surface area contributed by atoms with E-state index in [2.05, 4.69) is 17.2 Å². The predicted molar refractivity (Wildman–Crippen MR) is 81.4 cm³/mol. The molecule has 100 valence electrons. The minimum atomic E-state index is -0.191. The minimum Gasteiger partial charge on any atom is -0.339 e. The summed E-state index contributed by atoms with van der Waals surface area (Å²) in [6, 6.07) is 17.0. The summed E-state index contributed by atoms with van der Waals surface area (Å²) in [5.74, 6) is 6.00. The van der Waals surface area contributed by atoms with Crippen LogP contribution >= 0.6 is 0 Å². The van der Waals surface area contributed by atoms with E-state index in [9.17, 15) is 4.79 Å². The minimum absolute atomic E-state index is 0.101. The number of nitrogens with one attached hydrogen (secondary N) is 1. The first kappa shape index (κ1) is 13.9. The third kappa shape index (κ3) is 4.00. The second-order valence-corrected chi connectivity index (χ2v) is 4.70. The van der Waals surface area contributed by atoms with E-state index in [1.807, 2.05) is 56.3 Å². The van der Waals surface area contributed by atoms with Crippen LogP contribution in [0.1, 0.15) is 28.4 Å². The zero-order chi connectivity index (χ0) is 14.4. The van der Waals surface area contributed by atoms with Gasteiger partial charge in [0.15, 0.2) is 0 Å². The fourth-order valence-electron chi connectivity index (χ4n) is 1.73. The molecule has 0 unspecified atom stereocenters. The van der Waals surface area contributed by atoms with Crippen molar-refractivity contribution in [2.24, 2.45) is 0 Å². The van der Waals surface area contributed by atoms with Crippen molar-refractivity contribution < 1.29 is 4.79 Å². The van der Waals surface area contributed by atoms with Crippen LogP contribution in [-0.2, 0) is 0 Å². The van der Waals surface area contributed by atoms with Gasteiger partial charge in [-0.1, -0.05) is 47.7 Å². The van der Waals surface area contributed by atoms with E-state index < -0.39 is 0 Å². The van der Waals surface area contributed by atoms with Gasteiger partial charge in [0.05, 0.1) is 6.04 Å². The first-order chi connectivity index (χ1) is 9.65. The highest BCUT2D eigenvalue weighted by Gasteiger charge is 2.06. The van der Waals surface area contributed by atoms with Crippen LogP contribution in [0.5, 0.6) is 0 Å². The molecule has 2 nitrogen and oxygen atoms in total. The number of carbonyl (C=O) groups is 1. The van der Waals surface area contributed by atoms with E-state index in [1.165, 1.54) is 5.56 Å². The van der Waals surface area contributed by atoms with Gasteiger partial charge >= 0.3 is 0 Å². The molecule has 1 atom stereocenters. The van der Waals surface area contributed by atoms with Crippen molar-refractivity contribution >= 4 is 5.91 Å². The number of aryl methyl sites for hydroxylation is 1. The van der Waals surface area contributed by atoms with Gasteiger partial charge in [-0.3, -0.25) is 4.79 Å². The molecule has 0 aliphatic heterocycles. The van der Waals surface area contributed by atoms with Gasteiger partial charge in [0, 0.05) is 11.1 Å². The number of hydrogen-bond donors (Lipinski definition) is 1. The third-order valence-corrected chi connectivity index (χ3v) is 2.87. The molecule has 0 bridgehead atoms. The Balaban J connectivity index is 1.98. The Morgan fingerprint density at radius 1 is 1.05 bits per heavy atom. The van der Waals surface area contributed by atoms with Crippen molar-refractivity contribution in [1.29, 1.82) is 0 Å². The number of hydrogen-bond acceptors (Lipinski definition) is 1. The maximum atomic E-state index is 11.9. The van der Waals surface area contributed by atoms with Crippen LogP contribution in [0.25, 0.3) is 0 Å². The summed E-state index contributed by atoms with van der Waals surface area (Å²) in [6.07, 6.45) is 0. The Hall–Kier alpha value is -2.53. The molecule has 0 aromatic heterocycles. The molecule has 0 spiro atoms. The highest BCUT2D eigenvalue weighted by molar-refractivity contribution is 5.94. The van der Waals surface area contributed by atoms with Crippen LogP contribution < -0.4 is 5.32 Å². The second-order valence-electron chi connectivity index (χ2n) is 4.70. The molecular weight excluding hydrogens is 246 g/mol. The fraction of sp³-hybridized carbons (Fsp3) is 0.167. The topological polar surface area (TPSA) is 29.1 Å². The Labute approximate surface area is 119 Å². The zero-order valence-corrected chi connectivity index (χ0v) is 11.7. The van der Waals surface area contributed by atoms with E-state index >= 15 is 0 Å². The van der Waals surface area contributed by atoms with Gasteiger partial charge in [-0.2, -0.15) is 0 Å². The molecular formula is C18H17NO. The summed E-state index contributed by atoms with van der Waals surface area (Å²) in [5.41, 5.74) is 2.81. The monoisotopic (exact) mass is 263 g/mol. The molecule has 1 amide bonds. The molecule has 0 aliphatic rings. The van der Waals surface area contributed by atoms with Crippen molar-refractivity contribution in [2.45, 2.75) is 19.9 Å². The van der Waals surface area contributed by atoms with Crippen LogP contribution in [0.4, 0.5) is 0 Å². The molecule has 1 N–H and O–H groups in total. The Morgan fingerprint density at radius 2 is 1.70 bits per heavy atom. The molecule has 2 rings (SSSR count). The van der Waals surface area contributed by atoms with E-state index in [0.717, 1.165) is 5.56 Å². The van der Waals surface area contributed by atoms with Gasteiger partial charge in [0.2, 0.25) is 0 Å². The Morgan fingerprint density at radius 3 is 2.35 bits per heavy atom. The lowest BCUT2D eigenvalue weighted by molar-refractivity contribution is 0.0948. The highest BCUT2D eigenvalue weighted by atomic mass is 16.1. The average molecular weight is 263 g/mol. The first-order valence-corrected chi connectivity index (χ1v) is 6.59. The molecule has 0 heterocycles. The maximum Gasteiger partial charge on any atom is 0.252 e. The first-order valence-electron chi connectivity index (χ1n) is 6.59. The van der Waals surface area contributed by atoms with Gasteiger partial charge in [-0.05, 0) is 38.1 Å². The molecule has 0 fully saturated rings. The Kier molecular flexibility index (Phi) is 4.57. The standard InChI is InChI=1S/C18H17NO/c1-14-8-11-16(12-9-14)13-10-15(2)19-18(20)17-6-4-3-5-7-17/h3-9,11-12,15H,1-2H3,(H,19,20)/t15-/m1/s1. The lowest BCUT2D eigenvalue weighted by Gasteiger charge is -2.07. The van der Waals surface area contributed by atoms with Crippen molar-refractivity contribution in [3.8, 4) is 11.8 Å². The van der Waals surface area contributed by atoms with Crippen molar-refractivity contribution in [3.63, 3.8) is 0 Å². The number of carbonyl (C=O) groups excluding carboxylic acids is 1. The van der Waals surface area contributed by atoms with E-state index in [4.69, 9.17) is 0 Å². The molecule has 2 aromatic rings. The maximum absolute atomic E-state index is 11.9. The summed E-state index contributed by atoms with van der Waals surface area (Å²) in [7, 11) is 0. The molecule has 0 radical (unpaired) electrons. The molecule has 0 saturated heterocycles. The number of benzene rings is 2. The second kappa shape index (κ2) is 6.58. The fourth-order valence-corrected chi connectivity index (χ4v) is 1.73. The molecule has 0 aliphatic carbocycles. The molecule has 2 heteroatoms. The van der Waals surface area contributed by atoms with Crippen LogP contribution in [-0.4, -0.2) is 11.9 Å². The molecule has 0 saturated carbocycles. The normalized spacial score (nSPS) is 11.1. The van der Waals surface area contributed by atoms with E-state index in [1.54, 1.807) is 12.1 Å². The SMILES string of the molecule is Cc1ccc(C#C[C@@H](C)NC(=O)c2ccccc2)cc1. The molecule has 20 heavy (non-hydrogen) atoms. The van der Waals surface area contributed by atoms with Crippen molar-refractivity contribution in [2.75, 3.05) is 0 Å². The smallest absolute Gasteiger partial charge is 0.252 e. The average Bonchev–Trinajstić information content (AvgIpc) is 2.47. The highest BCUT2D eigenvalue weighted by Crippen LogP contribution is 2.01. The largest absolute Gasteiger partial charge is 0.339 e. The van der Waals surface area contributed by atoms with Gasteiger partial charge < -0.3 is 5.32 Å². The lowest BCUT2D eigenvalue weighted by Crippen LogP contribution is -2.31. The van der Waals surface area contributed by atoms with Crippen molar-refractivity contribution in [1.82, 2.24) is 5.32 Å². The van der Waals surface area contributed by atoms with Crippen LogP contribution in [0.15, 0.2) is 54.6 Å². The summed E-state index contributed by atoms with van der Waals surface area (Å²) in [4.78, 5) is 11.9. The lowest BCUT2D eigenvalue weighted by atomic mass is 10.1. The summed E-state index contributed by atoms with van der Waals surface area (Å²) in [5, 5.41) is 2.87. The van der Waals surface area contributed by atoms with Gasteiger partial charge in [-0.25, -0.2) is 0 Å². The van der Waals surface area contributed by atoms with Crippen LogP contribution in [0.2, 0.25) is 0 Å². The van der Waals surface area contributed by atoms with Crippen molar-refractivity contribution in [3.05, 3.63) is 71.3 Å².